The summed E-state index contributed by atoms with van der Waals surface area (Å²) < 4.78 is 0.507. The van der Waals surface area contributed by atoms with Gasteiger partial charge in [-0.05, 0) is 23.6 Å². The lowest BCUT2D eigenvalue weighted by atomic mass is 10.0. The van der Waals surface area contributed by atoms with Gasteiger partial charge in [0, 0.05) is 25.1 Å². The molecule has 1 aromatic rings. The Morgan fingerprint density at radius 2 is 2.08 bits per heavy atom. The van der Waals surface area contributed by atoms with Crippen molar-refractivity contribution in [1.82, 2.24) is 20.9 Å². The lowest BCUT2D eigenvalue weighted by molar-refractivity contribution is -0.136. The largest absolute Gasteiger partial charge is 0.334 e. The third-order valence-corrected chi connectivity index (χ3v) is 4.65. The quantitative estimate of drug-likeness (QED) is 0.268. The number of nitrogens with zero attached hydrogens (tertiary/aromatic N) is 1. The van der Waals surface area contributed by atoms with E-state index in [9.17, 15) is 19.2 Å². The second kappa shape index (κ2) is 7.38. The van der Waals surface area contributed by atoms with E-state index >= 15 is 0 Å². The number of imide groups is 1. The molecule has 25 heavy (non-hydrogen) atoms. The van der Waals surface area contributed by atoms with Crippen LogP contribution >= 0.6 is 22.6 Å². The van der Waals surface area contributed by atoms with Crippen molar-refractivity contribution >= 4 is 46.3 Å². The number of alkyl halides is 1. The molecule has 2 heterocycles. The molecule has 0 radical (unpaired) electrons. The van der Waals surface area contributed by atoms with Gasteiger partial charge in [0.15, 0.2) is 0 Å². The average molecular weight is 456 g/mol. The summed E-state index contributed by atoms with van der Waals surface area (Å²) in [6, 6.07) is 4.55. The molecular weight excluding hydrogens is 439 g/mol. The van der Waals surface area contributed by atoms with Crippen LogP contribution in [0.5, 0.6) is 0 Å². The van der Waals surface area contributed by atoms with E-state index in [2.05, 4.69) is 16.0 Å². The van der Waals surface area contributed by atoms with E-state index in [1.807, 2.05) is 34.7 Å². The molecule has 0 spiro atoms. The van der Waals surface area contributed by atoms with Crippen LogP contribution in [0, 0.1) is 0 Å². The van der Waals surface area contributed by atoms with E-state index in [-0.39, 0.29) is 24.3 Å². The lowest BCUT2D eigenvalue weighted by Crippen LogP contribution is -2.52. The Bertz CT molecular complexity index is 752. The van der Waals surface area contributed by atoms with Crippen molar-refractivity contribution < 1.29 is 19.2 Å². The first-order valence-electron chi connectivity index (χ1n) is 7.83. The molecule has 9 heteroatoms. The van der Waals surface area contributed by atoms with Crippen LogP contribution in [-0.4, -0.2) is 39.2 Å². The highest BCUT2D eigenvalue weighted by Gasteiger charge is 2.39. The minimum Gasteiger partial charge on any atom is -0.334 e. The summed E-state index contributed by atoms with van der Waals surface area (Å²) in [4.78, 5) is 48.9. The van der Waals surface area contributed by atoms with Gasteiger partial charge < -0.3 is 15.5 Å². The third-order valence-electron chi connectivity index (χ3n) is 4.27. The summed E-state index contributed by atoms with van der Waals surface area (Å²) >= 11 is 2.03. The molecule has 0 saturated carbocycles. The molecule has 8 nitrogen and oxygen atoms in total. The maximum atomic E-state index is 12.7. The molecule has 5 amide bonds. The summed E-state index contributed by atoms with van der Waals surface area (Å²) in [5.74, 6) is -0.943. The second-order valence-electron chi connectivity index (χ2n) is 5.88. The van der Waals surface area contributed by atoms with Gasteiger partial charge in [-0.25, -0.2) is 4.79 Å². The molecule has 132 valence electrons. The Morgan fingerprint density at radius 1 is 1.28 bits per heavy atom. The number of piperidine rings is 1. The van der Waals surface area contributed by atoms with Gasteiger partial charge in [0.1, 0.15) is 6.04 Å². The molecule has 0 bridgehead atoms. The van der Waals surface area contributed by atoms with Crippen molar-refractivity contribution in [3.8, 4) is 0 Å². The maximum Gasteiger partial charge on any atom is 0.315 e. The van der Waals surface area contributed by atoms with Gasteiger partial charge in [0.2, 0.25) is 11.8 Å². The van der Waals surface area contributed by atoms with Crippen LogP contribution in [0.2, 0.25) is 0 Å². The molecule has 1 fully saturated rings. The van der Waals surface area contributed by atoms with Gasteiger partial charge in [0.05, 0.1) is 4.55 Å². The highest BCUT2D eigenvalue weighted by Crippen LogP contribution is 2.28. The Kier molecular flexibility index (Phi) is 5.21. The van der Waals surface area contributed by atoms with Crippen molar-refractivity contribution in [3.05, 3.63) is 34.9 Å². The van der Waals surface area contributed by atoms with Crippen LogP contribution in [0.15, 0.2) is 18.2 Å². The Hall–Kier alpha value is -2.17. The molecule has 2 aliphatic rings. The van der Waals surface area contributed by atoms with Crippen molar-refractivity contribution in [2.45, 2.75) is 32.0 Å². The number of fused-ring (bicyclic) bond motifs is 1. The van der Waals surface area contributed by atoms with E-state index in [0.717, 1.165) is 11.1 Å². The highest BCUT2D eigenvalue weighted by molar-refractivity contribution is 14.1. The van der Waals surface area contributed by atoms with Crippen LogP contribution < -0.4 is 16.0 Å². The van der Waals surface area contributed by atoms with Crippen molar-refractivity contribution in [2.24, 2.45) is 0 Å². The molecule has 3 N–H and O–H groups in total. The number of hydrogen-bond acceptors (Lipinski definition) is 4. The second-order valence-corrected chi connectivity index (χ2v) is 6.65. The normalized spacial score (nSPS) is 19.5. The summed E-state index contributed by atoms with van der Waals surface area (Å²) in [5.41, 5.74) is 2.19. The zero-order valence-electron chi connectivity index (χ0n) is 13.3. The molecule has 2 aliphatic heterocycles. The number of halogens is 1. The molecule has 1 unspecified atom stereocenters. The van der Waals surface area contributed by atoms with Crippen molar-refractivity contribution in [1.29, 1.82) is 0 Å². The third kappa shape index (κ3) is 3.75. The molecule has 3 rings (SSSR count). The fourth-order valence-corrected chi connectivity index (χ4v) is 3.36. The standard InChI is InChI=1S/C16H17IN4O4/c17-8-19-16(25)18-6-9-1-2-10-7-21(15(24)11(10)5-9)12-3-4-13(22)20-14(12)23/h1-2,5,12H,3-4,6-8H2,(H2,18,19,25)(H,20,22,23). The molecule has 1 saturated heterocycles. The van der Waals surface area contributed by atoms with Crippen LogP contribution in [0.25, 0.3) is 0 Å². The SMILES string of the molecule is O=C1CCC(N2Cc3ccc(CNC(=O)NCI)cc3C2=O)C(=O)N1. The zero-order chi connectivity index (χ0) is 18.0. The molecule has 1 aromatic carbocycles. The molecule has 0 aliphatic carbocycles. The minimum absolute atomic E-state index is 0.219. The summed E-state index contributed by atoms with van der Waals surface area (Å²) in [5, 5.41) is 7.62. The summed E-state index contributed by atoms with van der Waals surface area (Å²) in [6.45, 7) is 0.658. The van der Waals surface area contributed by atoms with Crippen LogP contribution in [0.4, 0.5) is 4.79 Å². The highest BCUT2D eigenvalue weighted by atomic mass is 127. The van der Waals surface area contributed by atoms with E-state index in [4.69, 9.17) is 0 Å². The minimum atomic E-state index is -0.617. The predicted molar refractivity (Wildman–Crippen MR) is 96.7 cm³/mol. The van der Waals surface area contributed by atoms with Gasteiger partial charge in [-0.2, -0.15) is 0 Å². The zero-order valence-corrected chi connectivity index (χ0v) is 15.5. The lowest BCUT2D eigenvalue weighted by Gasteiger charge is -2.29. The first-order valence-corrected chi connectivity index (χ1v) is 9.36. The van der Waals surface area contributed by atoms with E-state index in [0.29, 0.717) is 29.6 Å². The predicted octanol–water partition coefficient (Wildman–Crippen LogP) is 0.639. The first-order chi connectivity index (χ1) is 12.0. The first kappa shape index (κ1) is 17.6. The van der Waals surface area contributed by atoms with E-state index < -0.39 is 11.9 Å². The number of amides is 5. The van der Waals surface area contributed by atoms with Crippen LogP contribution in [-0.2, 0) is 22.7 Å². The fourth-order valence-electron chi connectivity index (χ4n) is 3.02. The van der Waals surface area contributed by atoms with Crippen LogP contribution in [0.1, 0.15) is 34.3 Å². The van der Waals surface area contributed by atoms with E-state index in [1.165, 1.54) is 4.90 Å². The van der Waals surface area contributed by atoms with E-state index in [1.54, 1.807) is 6.07 Å². The monoisotopic (exact) mass is 456 g/mol. The Labute approximate surface area is 157 Å². The number of carbonyl (C=O) groups is 4. The number of hydrogen-bond donors (Lipinski definition) is 3. The van der Waals surface area contributed by atoms with Gasteiger partial charge in [-0.1, -0.05) is 34.7 Å². The van der Waals surface area contributed by atoms with Crippen molar-refractivity contribution in [2.75, 3.05) is 4.55 Å². The smallest absolute Gasteiger partial charge is 0.315 e. The Balaban J connectivity index is 1.70. The molecular formula is C16H17IN4O4. The van der Waals surface area contributed by atoms with Gasteiger partial charge >= 0.3 is 6.03 Å². The number of nitrogens with one attached hydrogen (secondary N) is 3. The number of benzene rings is 1. The average Bonchev–Trinajstić information content (AvgIpc) is 2.90. The van der Waals surface area contributed by atoms with Crippen molar-refractivity contribution in [3.63, 3.8) is 0 Å². The molecule has 0 aromatic heterocycles. The van der Waals surface area contributed by atoms with Crippen LogP contribution in [0.3, 0.4) is 0 Å². The number of rotatable bonds is 4. The topological polar surface area (TPSA) is 108 Å². The van der Waals surface area contributed by atoms with Gasteiger partial charge in [-0.15, -0.1) is 0 Å². The maximum absolute atomic E-state index is 12.7. The summed E-state index contributed by atoms with van der Waals surface area (Å²) in [6.07, 6.45) is 0.576. The fraction of sp³-hybridized carbons (Fsp3) is 0.375. The van der Waals surface area contributed by atoms with Gasteiger partial charge in [0.25, 0.3) is 5.91 Å². The number of carbonyl (C=O) groups excluding carboxylic acids is 4. The number of urea groups is 1. The molecule has 1 atom stereocenters. The Morgan fingerprint density at radius 3 is 2.80 bits per heavy atom. The van der Waals surface area contributed by atoms with Gasteiger partial charge in [-0.3, -0.25) is 19.7 Å². The summed E-state index contributed by atoms with van der Waals surface area (Å²) in [7, 11) is 0.